The minimum Gasteiger partial charge on any atom is -1.00 e. The smallest absolute Gasteiger partial charge is 0.337 e. The molecule has 0 heterocycles. The molecule has 0 atom stereocenters. The summed E-state index contributed by atoms with van der Waals surface area (Å²) in [5.41, 5.74) is 3.50. The van der Waals surface area contributed by atoms with Gasteiger partial charge in [-0.2, -0.15) is 0 Å². The number of hydrogen-bond donors (Lipinski definition) is 0. The lowest BCUT2D eigenvalue weighted by atomic mass is 10.1. The fourth-order valence-corrected chi connectivity index (χ4v) is 9.37. The number of methoxy groups -OCH3 is 2. The Morgan fingerprint density at radius 2 is 0.860 bits per heavy atom. The van der Waals surface area contributed by atoms with Gasteiger partial charge in [0.05, 0.1) is 31.5 Å². The molecule has 0 saturated heterocycles. The Labute approximate surface area is 273 Å². The number of hydrogen-bond acceptors (Lipinski definition) is 4. The molecule has 0 fully saturated rings. The van der Waals surface area contributed by atoms with Gasteiger partial charge in [-0.05, 0) is 71.8 Å². The average molecular weight is 720 g/mol. The highest BCUT2D eigenvalue weighted by atomic mass is 79.9. The first-order valence-corrected chi connectivity index (χ1v) is 16.6. The molecule has 5 aromatic carbocycles. The van der Waals surface area contributed by atoms with E-state index in [0.717, 1.165) is 17.1 Å². The zero-order valence-corrected chi connectivity index (χ0v) is 28.1. The van der Waals surface area contributed by atoms with Crippen molar-refractivity contribution in [2.75, 3.05) is 14.2 Å². The number of carbonyl (C=O) groups is 2. The molecule has 4 nitrogen and oxygen atoms in total. The number of benzene rings is 5. The summed E-state index contributed by atoms with van der Waals surface area (Å²) in [4.78, 5) is 22.8. The van der Waals surface area contributed by atoms with Gasteiger partial charge in [-0.15, -0.1) is 0 Å². The number of halogens is 2. The second-order valence-electron chi connectivity index (χ2n) is 9.49. The van der Waals surface area contributed by atoms with Crippen molar-refractivity contribution in [2.45, 2.75) is 11.5 Å². The monoisotopic (exact) mass is 718 g/mol. The molecule has 0 unspecified atom stereocenters. The fraction of sp³-hybridized carbons (Fsp3) is 0.111. The molecule has 0 spiro atoms. The SMILES string of the molecule is COC(=O)c1ccc(CBr)cc1.COC(=O)c1ccc(C[P+](c2ccccc2)(c2ccccc2)c2ccccc2)cc1.[Br-]. The van der Waals surface area contributed by atoms with E-state index in [1.807, 2.05) is 24.3 Å². The first-order chi connectivity index (χ1) is 20.5. The number of ether oxygens (including phenoxy) is 2. The third-order valence-electron chi connectivity index (χ3n) is 6.92. The van der Waals surface area contributed by atoms with Crippen LogP contribution in [0, 0.1) is 0 Å². The maximum atomic E-state index is 11.9. The van der Waals surface area contributed by atoms with Crippen LogP contribution in [0.4, 0.5) is 0 Å². The van der Waals surface area contributed by atoms with Crippen molar-refractivity contribution in [1.82, 2.24) is 0 Å². The summed E-state index contributed by atoms with van der Waals surface area (Å²) < 4.78 is 9.41. The Morgan fingerprint density at radius 3 is 1.16 bits per heavy atom. The number of alkyl halides is 1. The van der Waals surface area contributed by atoms with Crippen LogP contribution < -0.4 is 32.9 Å². The van der Waals surface area contributed by atoms with Crippen LogP contribution >= 0.6 is 23.2 Å². The normalized spacial score (nSPS) is 10.4. The molecule has 220 valence electrons. The molecular weight excluding hydrogens is 687 g/mol. The van der Waals surface area contributed by atoms with Crippen LogP contribution in [0.2, 0.25) is 0 Å². The molecular formula is C36H33Br2O4P. The highest BCUT2D eigenvalue weighted by Crippen LogP contribution is 2.58. The van der Waals surface area contributed by atoms with E-state index in [2.05, 4.69) is 124 Å². The van der Waals surface area contributed by atoms with Gasteiger partial charge in [-0.25, -0.2) is 9.59 Å². The van der Waals surface area contributed by atoms with Crippen molar-refractivity contribution in [2.24, 2.45) is 0 Å². The predicted molar refractivity (Wildman–Crippen MR) is 177 cm³/mol. The van der Waals surface area contributed by atoms with Crippen LogP contribution in [0.25, 0.3) is 0 Å². The summed E-state index contributed by atoms with van der Waals surface area (Å²) in [6.07, 6.45) is 0.881. The first-order valence-electron chi connectivity index (χ1n) is 13.5. The molecule has 0 aliphatic rings. The van der Waals surface area contributed by atoms with Gasteiger partial charge in [0.1, 0.15) is 23.2 Å². The van der Waals surface area contributed by atoms with Crippen molar-refractivity contribution in [1.29, 1.82) is 0 Å². The molecule has 0 saturated carbocycles. The van der Waals surface area contributed by atoms with Gasteiger partial charge >= 0.3 is 11.9 Å². The van der Waals surface area contributed by atoms with E-state index in [0.29, 0.717) is 11.1 Å². The topological polar surface area (TPSA) is 52.6 Å². The van der Waals surface area contributed by atoms with Gasteiger partial charge in [0.25, 0.3) is 0 Å². The average Bonchev–Trinajstić information content (AvgIpc) is 3.08. The van der Waals surface area contributed by atoms with Gasteiger partial charge < -0.3 is 26.5 Å². The van der Waals surface area contributed by atoms with Crippen molar-refractivity contribution in [3.8, 4) is 0 Å². The Hall–Kier alpha value is -3.57. The standard InChI is InChI=1S/C27H24O2P.C9H9BrO2.BrH/c1-29-27(28)23-19-17-22(18-20-23)21-30(24-11-5-2-6-12-24,25-13-7-3-8-14-25)26-15-9-4-10-16-26;1-12-9(11)8-4-2-7(6-10)3-5-8;/h2-20H,21H2,1H3;2-5H,6H2,1H3;1H/q+1;;/p-1. The zero-order chi connectivity index (χ0) is 29.8. The molecule has 0 amide bonds. The zero-order valence-electron chi connectivity index (χ0n) is 24.0. The summed E-state index contributed by atoms with van der Waals surface area (Å²) in [5, 5.41) is 4.84. The molecule has 0 aliphatic carbocycles. The second kappa shape index (κ2) is 16.9. The molecule has 7 heteroatoms. The molecule has 0 radical (unpaired) electrons. The maximum absolute atomic E-state index is 11.9. The van der Waals surface area contributed by atoms with Gasteiger partial charge in [0.2, 0.25) is 0 Å². The fourth-order valence-electron chi connectivity index (χ4n) is 4.75. The van der Waals surface area contributed by atoms with Crippen LogP contribution in [0.15, 0.2) is 140 Å². The van der Waals surface area contributed by atoms with Crippen LogP contribution in [0.3, 0.4) is 0 Å². The summed E-state index contributed by atoms with van der Waals surface area (Å²) in [7, 11) is 0.848. The predicted octanol–water partition coefficient (Wildman–Crippen LogP) is 4.34. The van der Waals surface area contributed by atoms with Gasteiger partial charge in [-0.1, -0.05) is 94.8 Å². The molecule has 0 aromatic heterocycles. The Morgan fingerprint density at radius 1 is 0.535 bits per heavy atom. The van der Waals surface area contributed by atoms with Crippen LogP contribution in [0.5, 0.6) is 0 Å². The third-order valence-corrected chi connectivity index (χ3v) is 11.9. The largest absolute Gasteiger partial charge is 1.00 e. The van der Waals surface area contributed by atoms with E-state index < -0.39 is 7.26 Å². The summed E-state index contributed by atoms with van der Waals surface area (Å²) in [6, 6.07) is 47.5. The highest BCUT2D eigenvalue weighted by molar-refractivity contribution is 9.08. The Bertz CT molecular complexity index is 1460. The summed E-state index contributed by atoms with van der Waals surface area (Å²) >= 11 is 3.32. The lowest BCUT2D eigenvalue weighted by Gasteiger charge is -2.27. The van der Waals surface area contributed by atoms with Crippen molar-refractivity contribution < 1.29 is 36.0 Å². The van der Waals surface area contributed by atoms with Crippen LogP contribution in [-0.2, 0) is 21.0 Å². The van der Waals surface area contributed by atoms with E-state index in [9.17, 15) is 9.59 Å². The molecule has 5 aromatic rings. The van der Waals surface area contributed by atoms with Gasteiger partial charge in [0.15, 0.2) is 0 Å². The van der Waals surface area contributed by atoms with Gasteiger partial charge in [0, 0.05) is 5.33 Å². The van der Waals surface area contributed by atoms with Crippen LogP contribution in [0.1, 0.15) is 31.8 Å². The van der Waals surface area contributed by atoms with Crippen molar-refractivity contribution in [3.05, 3.63) is 162 Å². The number of esters is 2. The minimum absolute atomic E-state index is 0. The molecule has 0 bridgehead atoms. The molecule has 0 N–H and O–H groups in total. The Kier molecular flexibility index (Phi) is 13.3. The lowest BCUT2D eigenvalue weighted by Crippen LogP contribution is -3.00. The van der Waals surface area contributed by atoms with E-state index >= 15 is 0 Å². The van der Waals surface area contributed by atoms with Crippen molar-refractivity contribution >= 4 is 51.0 Å². The Balaban J connectivity index is 0.000000329. The lowest BCUT2D eigenvalue weighted by molar-refractivity contribution is -0.0000368. The summed E-state index contributed by atoms with van der Waals surface area (Å²) in [6.45, 7) is 0. The number of carbonyl (C=O) groups excluding carboxylic acids is 2. The quantitative estimate of drug-likeness (QED) is 0.136. The molecule has 5 rings (SSSR count). The molecule has 0 aliphatic heterocycles. The highest BCUT2D eigenvalue weighted by Gasteiger charge is 2.45. The van der Waals surface area contributed by atoms with E-state index in [1.165, 1.54) is 35.7 Å². The second-order valence-corrected chi connectivity index (χ2v) is 13.5. The van der Waals surface area contributed by atoms with Crippen LogP contribution in [-0.4, -0.2) is 26.2 Å². The summed E-state index contributed by atoms with van der Waals surface area (Å²) in [5.74, 6) is -0.604. The van der Waals surface area contributed by atoms with E-state index in [1.54, 1.807) is 12.1 Å². The van der Waals surface area contributed by atoms with E-state index in [-0.39, 0.29) is 28.9 Å². The maximum Gasteiger partial charge on any atom is 0.337 e. The number of rotatable bonds is 8. The van der Waals surface area contributed by atoms with E-state index in [4.69, 9.17) is 4.74 Å². The third kappa shape index (κ3) is 8.51. The van der Waals surface area contributed by atoms with Gasteiger partial charge in [-0.3, -0.25) is 0 Å². The molecule has 43 heavy (non-hydrogen) atoms. The first kappa shape index (κ1) is 33.9. The van der Waals surface area contributed by atoms with Crippen molar-refractivity contribution in [3.63, 3.8) is 0 Å². The minimum atomic E-state index is -1.94.